The highest BCUT2D eigenvalue weighted by molar-refractivity contribution is 8.02. The van der Waals surface area contributed by atoms with E-state index in [4.69, 9.17) is 4.74 Å². The number of dihydropyridines is 1. The molecule has 0 bridgehead atoms. The predicted molar refractivity (Wildman–Crippen MR) is 90.2 cm³/mol. The molecule has 0 aromatic rings. The van der Waals surface area contributed by atoms with Gasteiger partial charge in [-0.05, 0) is 38.2 Å². The SMILES string of the molecule is COC1CCC2=C(C1)NC(C1=CSC(NC(C)C)N1)C=C2O. The zero-order chi connectivity index (χ0) is 15.7. The molecule has 6 heteroatoms. The van der Waals surface area contributed by atoms with Gasteiger partial charge in [-0.25, -0.2) is 0 Å². The van der Waals surface area contributed by atoms with E-state index in [0.717, 1.165) is 36.2 Å². The molecule has 2 heterocycles. The summed E-state index contributed by atoms with van der Waals surface area (Å²) in [5, 5.41) is 23.0. The Labute approximate surface area is 136 Å². The van der Waals surface area contributed by atoms with E-state index < -0.39 is 0 Å². The van der Waals surface area contributed by atoms with Gasteiger partial charge >= 0.3 is 0 Å². The van der Waals surface area contributed by atoms with Crippen molar-refractivity contribution >= 4 is 11.8 Å². The normalized spacial score (nSPS) is 31.4. The summed E-state index contributed by atoms with van der Waals surface area (Å²) in [5.41, 5.74) is 3.46. The fraction of sp³-hybridized carbons (Fsp3) is 0.625. The lowest BCUT2D eigenvalue weighted by Gasteiger charge is -2.33. The highest BCUT2D eigenvalue weighted by Crippen LogP contribution is 2.34. The number of methoxy groups -OCH3 is 1. The van der Waals surface area contributed by atoms with Gasteiger partial charge in [0.25, 0.3) is 0 Å². The Morgan fingerprint density at radius 1 is 1.41 bits per heavy atom. The topological polar surface area (TPSA) is 65.5 Å². The molecule has 4 N–H and O–H groups in total. The zero-order valence-corrected chi connectivity index (χ0v) is 14.2. The molecule has 3 aliphatic rings. The average molecular weight is 323 g/mol. The molecule has 0 radical (unpaired) electrons. The maximum atomic E-state index is 10.4. The summed E-state index contributed by atoms with van der Waals surface area (Å²) in [7, 11) is 1.76. The van der Waals surface area contributed by atoms with E-state index in [-0.39, 0.29) is 17.6 Å². The monoisotopic (exact) mass is 323 g/mol. The highest BCUT2D eigenvalue weighted by Gasteiger charge is 2.31. The summed E-state index contributed by atoms with van der Waals surface area (Å²) in [6.07, 6.45) is 4.83. The van der Waals surface area contributed by atoms with Crippen LogP contribution in [0.3, 0.4) is 0 Å². The molecular weight excluding hydrogens is 298 g/mol. The molecule has 0 saturated carbocycles. The van der Waals surface area contributed by atoms with Crippen LogP contribution in [0, 0.1) is 0 Å². The Balaban J connectivity index is 1.67. The van der Waals surface area contributed by atoms with Crippen molar-refractivity contribution in [1.82, 2.24) is 16.0 Å². The van der Waals surface area contributed by atoms with E-state index >= 15 is 0 Å². The molecule has 3 atom stereocenters. The van der Waals surface area contributed by atoms with Crippen LogP contribution in [0.25, 0.3) is 0 Å². The van der Waals surface area contributed by atoms with Crippen LogP contribution in [0.4, 0.5) is 0 Å². The molecule has 0 aromatic heterocycles. The molecule has 3 rings (SSSR count). The third-order valence-electron chi connectivity index (χ3n) is 4.26. The minimum Gasteiger partial charge on any atom is -0.508 e. The first kappa shape index (κ1) is 15.8. The first-order chi connectivity index (χ1) is 10.6. The van der Waals surface area contributed by atoms with E-state index in [2.05, 4.69) is 35.2 Å². The number of hydrogen-bond donors (Lipinski definition) is 4. The Morgan fingerprint density at radius 2 is 2.23 bits per heavy atom. The summed E-state index contributed by atoms with van der Waals surface area (Å²) in [6.45, 7) is 4.27. The number of aliphatic hydroxyl groups excluding tert-OH is 1. The van der Waals surface area contributed by atoms with Crippen molar-refractivity contribution in [2.45, 2.75) is 56.8 Å². The fourth-order valence-electron chi connectivity index (χ4n) is 3.10. The zero-order valence-electron chi connectivity index (χ0n) is 13.3. The maximum Gasteiger partial charge on any atom is 0.129 e. The number of thioether (sulfide) groups is 1. The summed E-state index contributed by atoms with van der Waals surface area (Å²) in [6, 6.07) is 0.428. The summed E-state index contributed by atoms with van der Waals surface area (Å²) >= 11 is 1.73. The van der Waals surface area contributed by atoms with Gasteiger partial charge in [-0.2, -0.15) is 0 Å². The molecule has 2 aliphatic heterocycles. The van der Waals surface area contributed by atoms with E-state index in [1.54, 1.807) is 18.9 Å². The molecule has 0 spiro atoms. The molecule has 22 heavy (non-hydrogen) atoms. The summed E-state index contributed by atoms with van der Waals surface area (Å²) in [5.74, 6) is 0.418. The smallest absolute Gasteiger partial charge is 0.129 e. The van der Waals surface area contributed by atoms with Gasteiger partial charge in [0.15, 0.2) is 0 Å². The Bertz CT molecular complexity index is 527. The Hall–Kier alpha value is -1.11. The molecule has 1 aliphatic carbocycles. The van der Waals surface area contributed by atoms with Crippen LogP contribution in [0.2, 0.25) is 0 Å². The fourth-order valence-corrected chi connectivity index (χ4v) is 4.15. The predicted octanol–water partition coefficient (Wildman–Crippen LogP) is 2.31. The number of rotatable bonds is 4. The number of ether oxygens (including phenoxy) is 1. The number of hydrogen-bond acceptors (Lipinski definition) is 6. The van der Waals surface area contributed by atoms with Crippen molar-refractivity contribution in [3.63, 3.8) is 0 Å². The molecule has 0 amide bonds. The Morgan fingerprint density at radius 3 is 2.95 bits per heavy atom. The molecule has 5 nitrogen and oxygen atoms in total. The van der Waals surface area contributed by atoms with Gasteiger partial charge in [0.2, 0.25) is 0 Å². The van der Waals surface area contributed by atoms with Gasteiger partial charge in [-0.1, -0.05) is 11.8 Å². The second kappa shape index (κ2) is 6.56. The number of nitrogens with one attached hydrogen (secondary N) is 3. The van der Waals surface area contributed by atoms with Crippen molar-refractivity contribution in [2.24, 2.45) is 0 Å². The van der Waals surface area contributed by atoms with Gasteiger partial charge in [0, 0.05) is 36.5 Å². The quantitative estimate of drug-likeness (QED) is 0.637. The van der Waals surface area contributed by atoms with Crippen molar-refractivity contribution in [3.8, 4) is 0 Å². The minimum atomic E-state index is 0.000758. The lowest BCUT2D eigenvalue weighted by molar-refractivity contribution is 0.0881. The number of allylic oxidation sites excluding steroid dienone is 1. The lowest BCUT2D eigenvalue weighted by atomic mass is 9.89. The average Bonchev–Trinajstić information content (AvgIpc) is 2.94. The van der Waals surface area contributed by atoms with Crippen molar-refractivity contribution in [2.75, 3.05) is 7.11 Å². The van der Waals surface area contributed by atoms with Crippen molar-refractivity contribution < 1.29 is 9.84 Å². The molecule has 0 saturated heterocycles. The first-order valence-electron chi connectivity index (χ1n) is 7.87. The van der Waals surface area contributed by atoms with E-state index in [1.165, 1.54) is 0 Å². The molecule has 122 valence electrons. The first-order valence-corrected chi connectivity index (χ1v) is 8.81. The van der Waals surface area contributed by atoms with Crippen LogP contribution >= 0.6 is 11.8 Å². The third kappa shape index (κ3) is 3.29. The van der Waals surface area contributed by atoms with E-state index in [1.807, 2.05) is 6.08 Å². The van der Waals surface area contributed by atoms with Crippen LogP contribution in [-0.2, 0) is 4.74 Å². The van der Waals surface area contributed by atoms with Gasteiger partial charge in [0.1, 0.15) is 11.3 Å². The molecular formula is C16H25N3O2S. The van der Waals surface area contributed by atoms with Crippen LogP contribution < -0.4 is 16.0 Å². The standard InChI is InChI=1S/C16H25N3O2S/c1-9(2)17-16-19-14(8-22-16)13-7-15(20)11-5-4-10(21-3)6-12(11)18-13/h7-10,13,16-20H,4-6H2,1-3H3. The summed E-state index contributed by atoms with van der Waals surface area (Å²) < 4.78 is 5.48. The number of aliphatic hydroxyl groups is 1. The molecule has 3 unspecified atom stereocenters. The second-order valence-corrected chi connectivity index (χ2v) is 7.27. The maximum absolute atomic E-state index is 10.4. The van der Waals surface area contributed by atoms with Crippen LogP contribution in [-0.4, -0.2) is 35.9 Å². The van der Waals surface area contributed by atoms with E-state index in [0.29, 0.717) is 11.8 Å². The van der Waals surface area contributed by atoms with Gasteiger partial charge in [0.05, 0.1) is 12.1 Å². The minimum absolute atomic E-state index is 0.000758. The van der Waals surface area contributed by atoms with Gasteiger partial charge < -0.3 is 20.5 Å². The highest BCUT2D eigenvalue weighted by atomic mass is 32.2. The largest absolute Gasteiger partial charge is 0.508 e. The van der Waals surface area contributed by atoms with Crippen molar-refractivity contribution in [1.29, 1.82) is 0 Å². The van der Waals surface area contributed by atoms with Crippen LogP contribution in [0.5, 0.6) is 0 Å². The van der Waals surface area contributed by atoms with Crippen molar-refractivity contribution in [3.05, 3.63) is 34.2 Å². The van der Waals surface area contributed by atoms with Gasteiger partial charge in [-0.3, -0.25) is 5.32 Å². The Kier molecular flexibility index (Phi) is 4.70. The second-order valence-electron chi connectivity index (χ2n) is 6.29. The van der Waals surface area contributed by atoms with Crippen LogP contribution in [0.1, 0.15) is 33.1 Å². The van der Waals surface area contributed by atoms with E-state index in [9.17, 15) is 5.11 Å². The lowest BCUT2D eigenvalue weighted by Crippen LogP contribution is -2.45. The molecule has 0 aromatic carbocycles. The van der Waals surface area contributed by atoms with Gasteiger partial charge in [-0.15, -0.1) is 0 Å². The van der Waals surface area contributed by atoms with Crippen LogP contribution in [0.15, 0.2) is 34.2 Å². The molecule has 0 fully saturated rings. The summed E-state index contributed by atoms with van der Waals surface area (Å²) in [4.78, 5) is 0. The third-order valence-corrected chi connectivity index (χ3v) is 5.17.